The lowest BCUT2D eigenvalue weighted by Crippen LogP contribution is -2.20. The molecule has 0 unspecified atom stereocenters. The molecule has 0 radical (unpaired) electrons. The van der Waals surface area contributed by atoms with E-state index in [2.05, 4.69) is 10.6 Å². The average molecular weight is 459 g/mol. The van der Waals surface area contributed by atoms with E-state index in [0.717, 1.165) is 0 Å². The highest BCUT2D eigenvalue weighted by Gasteiger charge is 2.11. The van der Waals surface area contributed by atoms with Gasteiger partial charge in [0.25, 0.3) is 11.8 Å². The molecular formula is C23H20Cl2N2O4. The Balaban J connectivity index is 1.56. The molecule has 0 saturated heterocycles. The highest BCUT2D eigenvalue weighted by atomic mass is 35.5. The first-order valence-electron chi connectivity index (χ1n) is 9.47. The van der Waals surface area contributed by atoms with Crippen molar-refractivity contribution in [3.05, 3.63) is 82.3 Å². The van der Waals surface area contributed by atoms with Crippen molar-refractivity contribution in [3.8, 4) is 11.5 Å². The maximum absolute atomic E-state index is 12.5. The van der Waals surface area contributed by atoms with Crippen molar-refractivity contribution in [2.45, 2.75) is 6.92 Å². The van der Waals surface area contributed by atoms with E-state index in [1.807, 2.05) is 19.1 Å². The molecule has 0 aliphatic carbocycles. The van der Waals surface area contributed by atoms with Crippen molar-refractivity contribution in [1.29, 1.82) is 0 Å². The van der Waals surface area contributed by atoms with Gasteiger partial charge in [-0.2, -0.15) is 0 Å². The van der Waals surface area contributed by atoms with Gasteiger partial charge in [0, 0.05) is 10.6 Å². The Morgan fingerprint density at radius 3 is 2.35 bits per heavy atom. The second-order valence-corrected chi connectivity index (χ2v) is 7.21. The van der Waals surface area contributed by atoms with E-state index < -0.39 is 5.91 Å². The van der Waals surface area contributed by atoms with Crippen LogP contribution in [0.25, 0.3) is 0 Å². The number of carbonyl (C=O) groups excluding carboxylic acids is 2. The third kappa shape index (κ3) is 6.38. The van der Waals surface area contributed by atoms with Crippen molar-refractivity contribution >= 4 is 46.4 Å². The summed E-state index contributed by atoms with van der Waals surface area (Å²) in [7, 11) is 0. The zero-order valence-electron chi connectivity index (χ0n) is 16.7. The quantitative estimate of drug-likeness (QED) is 0.456. The van der Waals surface area contributed by atoms with Gasteiger partial charge >= 0.3 is 0 Å². The van der Waals surface area contributed by atoms with Crippen LogP contribution in [0.1, 0.15) is 17.3 Å². The normalized spacial score (nSPS) is 10.3. The second-order valence-electron chi connectivity index (χ2n) is 6.37. The van der Waals surface area contributed by atoms with Crippen LogP contribution in [0.3, 0.4) is 0 Å². The maximum atomic E-state index is 12.5. The summed E-state index contributed by atoms with van der Waals surface area (Å²) in [6, 6.07) is 18.4. The number of carbonyl (C=O) groups is 2. The number of anilines is 2. The monoisotopic (exact) mass is 458 g/mol. The van der Waals surface area contributed by atoms with Gasteiger partial charge in [-0.15, -0.1) is 0 Å². The van der Waals surface area contributed by atoms with E-state index in [1.165, 1.54) is 0 Å². The fourth-order valence-corrected chi connectivity index (χ4v) is 3.01. The minimum Gasteiger partial charge on any atom is -0.492 e. The van der Waals surface area contributed by atoms with E-state index >= 15 is 0 Å². The van der Waals surface area contributed by atoms with Crippen LogP contribution in [0.4, 0.5) is 11.4 Å². The van der Waals surface area contributed by atoms with Crippen LogP contribution in [0.15, 0.2) is 66.7 Å². The Labute approximate surface area is 190 Å². The number of nitrogens with one attached hydrogen (secondary N) is 2. The van der Waals surface area contributed by atoms with Crippen LogP contribution >= 0.6 is 23.2 Å². The fourth-order valence-electron chi connectivity index (χ4n) is 2.68. The van der Waals surface area contributed by atoms with E-state index in [9.17, 15) is 9.59 Å². The molecule has 2 amide bonds. The Hall–Kier alpha value is -3.22. The largest absolute Gasteiger partial charge is 0.492 e. The molecule has 3 aromatic carbocycles. The summed E-state index contributed by atoms with van der Waals surface area (Å²) < 4.78 is 11.0. The molecule has 0 aliphatic heterocycles. The first-order valence-corrected chi connectivity index (χ1v) is 10.2. The van der Waals surface area contributed by atoms with Crippen LogP contribution in [-0.2, 0) is 4.79 Å². The van der Waals surface area contributed by atoms with E-state index in [-0.39, 0.29) is 12.5 Å². The topological polar surface area (TPSA) is 76.7 Å². The van der Waals surface area contributed by atoms with E-state index in [0.29, 0.717) is 45.1 Å². The van der Waals surface area contributed by atoms with Gasteiger partial charge in [0.1, 0.15) is 11.5 Å². The zero-order valence-corrected chi connectivity index (χ0v) is 18.2. The van der Waals surface area contributed by atoms with Crippen LogP contribution in [0, 0.1) is 0 Å². The number of benzene rings is 3. The first kappa shape index (κ1) is 22.5. The molecular weight excluding hydrogens is 439 g/mol. The average Bonchev–Trinajstić information content (AvgIpc) is 2.77. The molecule has 160 valence electrons. The minimum absolute atomic E-state index is 0.226. The van der Waals surface area contributed by atoms with E-state index in [1.54, 1.807) is 54.6 Å². The van der Waals surface area contributed by atoms with Crippen LogP contribution in [0.5, 0.6) is 11.5 Å². The Morgan fingerprint density at radius 1 is 0.871 bits per heavy atom. The van der Waals surface area contributed by atoms with Crippen molar-refractivity contribution in [3.63, 3.8) is 0 Å². The third-order valence-electron chi connectivity index (χ3n) is 4.12. The summed E-state index contributed by atoms with van der Waals surface area (Å²) in [6.45, 7) is 2.15. The number of halogens is 2. The number of ether oxygens (including phenoxy) is 2. The molecule has 0 aliphatic rings. The van der Waals surface area contributed by atoms with Gasteiger partial charge in [-0.3, -0.25) is 9.59 Å². The molecule has 0 aromatic heterocycles. The molecule has 0 saturated carbocycles. The number of para-hydroxylation sites is 2. The number of amides is 2. The number of hydrogen-bond donors (Lipinski definition) is 2. The highest BCUT2D eigenvalue weighted by Crippen LogP contribution is 2.26. The molecule has 3 aromatic rings. The van der Waals surface area contributed by atoms with Gasteiger partial charge in [0.2, 0.25) is 0 Å². The summed E-state index contributed by atoms with van der Waals surface area (Å²) in [5, 5.41) is 6.29. The number of hydrogen-bond acceptors (Lipinski definition) is 4. The molecule has 0 fully saturated rings. The predicted molar refractivity (Wildman–Crippen MR) is 123 cm³/mol. The molecule has 2 N–H and O–H groups in total. The molecule has 0 atom stereocenters. The van der Waals surface area contributed by atoms with E-state index in [4.69, 9.17) is 32.7 Å². The Morgan fingerprint density at radius 2 is 1.61 bits per heavy atom. The van der Waals surface area contributed by atoms with Crippen LogP contribution < -0.4 is 20.1 Å². The minimum atomic E-state index is -0.390. The summed E-state index contributed by atoms with van der Waals surface area (Å²) in [6.07, 6.45) is 0. The molecule has 8 heteroatoms. The van der Waals surface area contributed by atoms with Gasteiger partial charge < -0.3 is 20.1 Å². The standard InChI is InChI=1S/C23H20Cl2N2O4/c1-2-30-21-6-4-3-5-19(21)27-23(29)15-7-10-17(11-8-15)31-14-22(28)26-20-13-16(24)9-12-18(20)25/h3-13H,2,14H2,1H3,(H,26,28)(H,27,29). The molecule has 0 spiro atoms. The second kappa shape index (κ2) is 10.7. The first-order chi connectivity index (χ1) is 15.0. The molecule has 31 heavy (non-hydrogen) atoms. The van der Waals surface area contributed by atoms with Gasteiger partial charge in [-0.25, -0.2) is 0 Å². The zero-order chi connectivity index (χ0) is 22.2. The van der Waals surface area contributed by atoms with Gasteiger partial charge in [-0.1, -0.05) is 35.3 Å². The van der Waals surface area contributed by atoms with Gasteiger partial charge in [0.15, 0.2) is 6.61 Å². The lowest BCUT2D eigenvalue weighted by Gasteiger charge is -2.12. The molecule has 0 bridgehead atoms. The fraction of sp³-hybridized carbons (Fsp3) is 0.130. The van der Waals surface area contributed by atoms with Crippen molar-refractivity contribution in [2.75, 3.05) is 23.8 Å². The number of rotatable bonds is 8. The van der Waals surface area contributed by atoms with Gasteiger partial charge in [-0.05, 0) is 61.5 Å². The maximum Gasteiger partial charge on any atom is 0.262 e. The lowest BCUT2D eigenvalue weighted by molar-refractivity contribution is -0.118. The Kier molecular flexibility index (Phi) is 7.76. The predicted octanol–water partition coefficient (Wildman–Crippen LogP) is 5.66. The molecule has 6 nitrogen and oxygen atoms in total. The van der Waals surface area contributed by atoms with Crippen molar-refractivity contribution < 1.29 is 19.1 Å². The smallest absolute Gasteiger partial charge is 0.262 e. The summed E-state index contributed by atoms with van der Waals surface area (Å²) in [4.78, 5) is 24.6. The highest BCUT2D eigenvalue weighted by molar-refractivity contribution is 6.35. The van der Waals surface area contributed by atoms with Crippen LogP contribution in [0.2, 0.25) is 10.0 Å². The summed E-state index contributed by atoms with van der Waals surface area (Å²) >= 11 is 11.9. The van der Waals surface area contributed by atoms with Crippen molar-refractivity contribution in [2.24, 2.45) is 0 Å². The van der Waals surface area contributed by atoms with Crippen molar-refractivity contribution in [1.82, 2.24) is 0 Å². The lowest BCUT2D eigenvalue weighted by atomic mass is 10.2. The summed E-state index contributed by atoms with van der Waals surface area (Å²) in [5.74, 6) is 0.369. The summed E-state index contributed by atoms with van der Waals surface area (Å²) in [5.41, 5.74) is 1.43. The third-order valence-corrected chi connectivity index (χ3v) is 4.69. The molecule has 3 rings (SSSR count). The molecule has 0 heterocycles. The van der Waals surface area contributed by atoms with Crippen LogP contribution in [-0.4, -0.2) is 25.0 Å². The SMILES string of the molecule is CCOc1ccccc1NC(=O)c1ccc(OCC(=O)Nc2cc(Cl)ccc2Cl)cc1. The Bertz CT molecular complexity index is 1070. The van der Waals surface area contributed by atoms with Gasteiger partial charge in [0.05, 0.1) is 23.0 Å².